The van der Waals surface area contributed by atoms with Crippen LogP contribution in [0.3, 0.4) is 0 Å². The van der Waals surface area contributed by atoms with E-state index >= 15 is 0 Å². The van der Waals surface area contributed by atoms with Gasteiger partial charge >= 0.3 is 0 Å². The number of benzene rings is 1. The maximum absolute atomic E-state index is 13.0. The van der Waals surface area contributed by atoms with E-state index in [0.717, 1.165) is 73.2 Å². The molecule has 1 amide bonds. The SMILES string of the molecule is O=C(CCCCCCN1CCCC1=O)c1cnc2ccc(-c3cccnc3-c3cccc(Cl)c3)cn12. The van der Waals surface area contributed by atoms with Gasteiger partial charge in [0.25, 0.3) is 0 Å². The van der Waals surface area contributed by atoms with Crippen molar-refractivity contribution in [3.8, 4) is 22.4 Å². The summed E-state index contributed by atoms with van der Waals surface area (Å²) in [6.07, 6.45) is 11.4. The molecule has 0 N–H and O–H groups in total. The number of halogens is 1. The molecule has 0 saturated carbocycles. The lowest BCUT2D eigenvalue weighted by Gasteiger charge is -2.14. The zero-order valence-electron chi connectivity index (χ0n) is 20.2. The number of Topliss-reactive ketones (excluding diaryl/α,β-unsaturated/α-hetero) is 1. The minimum absolute atomic E-state index is 0.0932. The molecule has 0 unspecified atom stereocenters. The Bertz CT molecular complexity index is 1400. The van der Waals surface area contributed by atoms with Gasteiger partial charge in [0, 0.05) is 60.0 Å². The molecule has 0 atom stereocenters. The van der Waals surface area contributed by atoms with Crippen molar-refractivity contribution in [1.29, 1.82) is 0 Å². The van der Waals surface area contributed by atoms with E-state index in [1.165, 1.54) is 0 Å². The molecule has 184 valence electrons. The number of fused-ring (bicyclic) bond motifs is 1. The van der Waals surface area contributed by atoms with Crippen LogP contribution in [0.25, 0.3) is 28.0 Å². The molecule has 0 radical (unpaired) electrons. The van der Waals surface area contributed by atoms with Crippen molar-refractivity contribution in [2.24, 2.45) is 0 Å². The predicted octanol–water partition coefficient (Wildman–Crippen LogP) is 6.47. The summed E-state index contributed by atoms with van der Waals surface area (Å²) in [7, 11) is 0. The first kappa shape index (κ1) is 24.2. The number of carbonyl (C=O) groups is 2. The number of nitrogens with zero attached hydrogens (tertiary/aromatic N) is 4. The molecular weight excluding hydrogens is 472 g/mol. The molecule has 6 nitrogen and oxygen atoms in total. The number of likely N-dealkylation sites (tertiary alicyclic amines) is 1. The Balaban J connectivity index is 1.27. The van der Waals surface area contributed by atoms with E-state index in [1.54, 1.807) is 12.4 Å². The highest BCUT2D eigenvalue weighted by atomic mass is 35.5. The lowest BCUT2D eigenvalue weighted by molar-refractivity contribution is -0.127. The molecule has 0 spiro atoms. The molecule has 0 aliphatic carbocycles. The smallest absolute Gasteiger partial charge is 0.222 e. The third-order valence-corrected chi connectivity index (χ3v) is 7.00. The molecule has 0 bridgehead atoms. The second-order valence-corrected chi connectivity index (χ2v) is 9.71. The van der Waals surface area contributed by atoms with Crippen molar-refractivity contribution in [3.05, 3.63) is 77.8 Å². The molecule has 1 saturated heterocycles. The van der Waals surface area contributed by atoms with Gasteiger partial charge in [0.05, 0.1) is 11.9 Å². The summed E-state index contributed by atoms with van der Waals surface area (Å²) in [5, 5.41) is 0.659. The fourth-order valence-electron chi connectivity index (χ4n) is 4.86. The molecule has 3 aromatic heterocycles. The summed E-state index contributed by atoms with van der Waals surface area (Å²) >= 11 is 6.22. The molecule has 1 aliphatic heterocycles. The van der Waals surface area contributed by atoms with E-state index in [2.05, 4.69) is 9.97 Å². The third kappa shape index (κ3) is 5.34. The number of amides is 1. The van der Waals surface area contributed by atoms with Crippen LogP contribution in [0.4, 0.5) is 0 Å². The molecule has 4 aromatic rings. The van der Waals surface area contributed by atoms with Gasteiger partial charge in [-0.25, -0.2) is 4.98 Å². The van der Waals surface area contributed by atoms with E-state index in [-0.39, 0.29) is 11.7 Å². The first-order valence-corrected chi connectivity index (χ1v) is 13.0. The average Bonchev–Trinajstić information content (AvgIpc) is 3.51. The van der Waals surface area contributed by atoms with Gasteiger partial charge in [0.15, 0.2) is 5.78 Å². The number of carbonyl (C=O) groups excluding carboxylic acids is 2. The lowest BCUT2D eigenvalue weighted by atomic mass is 10.0. The van der Waals surface area contributed by atoms with Crippen molar-refractivity contribution in [2.45, 2.75) is 44.9 Å². The Labute approximate surface area is 215 Å². The van der Waals surface area contributed by atoms with Gasteiger partial charge in [-0.05, 0) is 49.6 Å². The summed E-state index contributed by atoms with van der Waals surface area (Å²) in [5.41, 5.74) is 5.03. The van der Waals surface area contributed by atoms with Crippen LogP contribution < -0.4 is 0 Å². The summed E-state index contributed by atoms with van der Waals surface area (Å²) in [6.45, 7) is 1.74. The van der Waals surface area contributed by atoms with Crippen LogP contribution in [0.1, 0.15) is 55.4 Å². The first-order chi connectivity index (χ1) is 17.6. The number of aromatic nitrogens is 3. The molecule has 1 fully saturated rings. The number of unbranched alkanes of at least 4 members (excludes halogenated alkanes) is 3. The highest BCUT2D eigenvalue weighted by Gasteiger charge is 2.19. The monoisotopic (exact) mass is 500 g/mol. The van der Waals surface area contributed by atoms with Crippen molar-refractivity contribution in [1.82, 2.24) is 19.3 Å². The number of ketones is 1. The van der Waals surface area contributed by atoms with E-state index in [9.17, 15) is 9.59 Å². The van der Waals surface area contributed by atoms with Crippen molar-refractivity contribution in [3.63, 3.8) is 0 Å². The van der Waals surface area contributed by atoms with Crippen LogP contribution in [0, 0.1) is 0 Å². The van der Waals surface area contributed by atoms with Gasteiger partial charge in [0.1, 0.15) is 11.3 Å². The molecular formula is C29H29ClN4O2. The lowest BCUT2D eigenvalue weighted by Crippen LogP contribution is -2.25. The second-order valence-electron chi connectivity index (χ2n) is 9.27. The number of rotatable bonds is 10. The summed E-state index contributed by atoms with van der Waals surface area (Å²) in [6, 6.07) is 15.5. The topological polar surface area (TPSA) is 67.6 Å². The van der Waals surface area contributed by atoms with Crippen LogP contribution in [0.2, 0.25) is 5.02 Å². The molecule has 1 aliphatic rings. The van der Waals surface area contributed by atoms with Gasteiger partial charge in [-0.15, -0.1) is 0 Å². The fraction of sp³-hybridized carbons (Fsp3) is 0.310. The number of pyridine rings is 2. The maximum atomic E-state index is 13.0. The molecule has 5 rings (SSSR count). The Hall–Kier alpha value is -3.51. The third-order valence-electron chi connectivity index (χ3n) is 6.76. The number of imidazole rings is 1. The van der Waals surface area contributed by atoms with Gasteiger partial charge in [-0.3, -0.25) is 19.0 Å². The minimum atomic E-state index is 0.0932. The minimum Gasteiger partial charge on any atom is -0.343 e. The number of hydrogen-bond donors (Lipinski definition) is 0. The Morgan fingerprint density at radius 1 is 0.972 bits per heavy atom. The van der Waals surface area contributed by atoms with Crippen molar-refractivity contribution >= 4 is 28.9 Å². The highest BCUT2D eigenvalue weighted by molar-refractivity contribution is 6.30. The fourth-order valence-corrected chi connectivity index (χ4v) is 5.05. The highest BCUT2D eigenvalue weighted by Crippen LogP contribution is 2.31. The van der Waals surface area contributed by atoms with E-state index < -0.39 is 0 Å². The largest absolute Gasteiger partial charge is 0.343 e. The van der Waals surface area contributed by atoms with Gasteiger partial charge in [-0.2, -0.15) is 0 Å². The van der Waals surface area contributed by atoms with E-state index in [1.807, 2.05) is 64.0 Å². The zero-order chi connectivity index (χ0) is 24.9. The summed E-state index contributed by atoms with van der Waals surface area (Å²) < 4.78 is 1.88. The average molecular weight is 501 g/mol. The van der Waals surface area contributed by atoms with E-state index in [4.69, 9.17) is 11.6 Å². The van der Waals surface area contributed by atoms with Gasteiger partial charge in [0.2, 0.25) is 5.91 Å². The van der Waals surface area contributed by atoms with Gasteiger partial charge in [-0.1, -0.05) is 42.6 Å². The van der Waals surface area contributed by atoms with Crippen molar-refractivity contribution in [2.75, 3.05) is 13.1 Å². The van der Waals surface area contributed by atoms with Crippen molar-refractivity contribution < 1.29 is 9.59 Å². The van der Waals surface area contributed by atoms with Crippen LogP contribution >= 0.6 is 11.6 Å². The quantitative estimate of drug-likeness (QED) is 0.185. The number of hydrogen-bond acceptors (Lipinski definition) is 4. The maximum Gasteiger partial charge on any atom is 0.222 e. The normalized spacial score (nSPS) is 13.6. The predicted molar refractivity (Wildman–Crippen MR) is 142 cm³/mol. The molecule has 4 heterocycles. The second kappa shape index (κ2) is 11.0. The first-order valence-electron chi connectivity index (χ1n) is 12.6. The van der Waals surface area contributed by atoms with Crippen LogP contribution in [0.5, 0.6) is 0 Å². The molecule has 1 aromatic carbocycles. The van der Waals surface area contributed by atoms with Crippen LogP contribution in [-0.4, -0.2) is 44.0 Å². The Morgan fingerprint density at radius 2 is 1.86 bits per heavy atom. The molecule has 36 heavy (non-hydrogen) atoms. The Kier molecular flexibility index (Phi) is 7.42. The summed E-state index contributed by atoms with van der Waals surface area (Å²) in [5.74, 6) is 0.374. The van der Waals surface area contributed by atoms with Crippen LogP contribution in [0.15, 0.2) is 67.1 Å². The van der Waals surface area contributed by atoms with E-state index in [0.29, 0.717) is 23.6 Å². The Morgan fingerprint density at radius 3 is 2.69 bits per heavy atom. The molecule has 7 heteroatoms. The summed E-state index contributed by atoms with van der Waals surface area (Å²) in [4.78, 5) is 35.8. The standard InChI is InChI=1S/C29H29ClN4O2/c30-23-9-5-8-21(18-23)29-24(10-6-15-31-29)22-13-14-27-32-19-25(34(27)20-22)26(35)11-3-1-2-4-16-33-17-7-12-28(33)36/h5-6,8-10,13-15,18-20H,1-4,7,11-12,16-17H2. The van der Waals surface area contributed by atoms with Gasteiger partial charge < -0.3 is 4.90 Å². The zero-order valence-corrected chi connectivity index (χ0v) is 21.0. The van der Waals surface area contributed by atoms with Crippen LogP contribution in [-0.2, 0) is 4.79 Å².